The molecular formula is C15H31N3. The van der Waals surface area contributed by atoms with Gasteiger partial charge in [0.25, 0.3) is 0 Å². The van der Waals surface area contributed by atoms with Gasteiger partial charge in [0.05, 0.1) is 0 Å². The zero-order valence-electron chi connectivity index (χ0n) is 12.5. The summed E-state index contributed by atoms with van der Waals surface area (Å²) in [6, 6.07) is 1.37. The second-order valence-corrected chi connectivity index (χ2v) is 5.61. The molecule has 3 heteroatoms. The molecule has 0 aromatic carbocycles. The monoisotopic (exact) mass is 253 g/mol. The minimum Gasteiger partial charge on any atom is -0.314 e. The topological polar surface area (TPSA) is 18.5 Å². The van der Waals surface area contributed by atoms with Crippen LogP contribution in [-0.2, 0) is 0 Å². The van der Waals surface area contributed by atoms with Gasteiger partial charge in [0.15, 0.2) is 0 Å². The molecule has 0 aromatic rings. The van der Waals surface area contributed by atoms with Crippen molar-refractivity contribution in [3.8, 4) is 0 Å². The molecule has 1 rings (SSSR count). The van der Waals surface area contributed by atoms with Crippen molar-refractivity contribution in [1.29, 1.82) is 0 Å². The molecule has 2 unspecified atom stereocenters. The van der Waals surface area contributed by atoms with E-state index in [2.05, 4.69) is 42.7 Å². The molecule has 0 radical (unpaired) electrons. The number of nitrogens with one attached hydrogen (secondary N) is 1. The molecule has 0 aliphatic carbocycles. The van der Waals surface area contributed by atoms with Gasteiger partial charge in [0, 0.05) is 31.7 Å². The summed E-state index contributed by atoms with van der Waals surface area (Å²) in [5.74, 6) is 0. The third-order valence-electron chi connectivity index (χ3n) is 3.99. The molecule has 1 aliphatic heterocycles. The van der Waals surface area contributed by atoms with E-state index in [1.54, 1.807) is 0 Å². The summed E-state index contributed by atoms with van der Waals surface area (Å²) >= 11 is 0. The molecule has 1 N–H and O–H groups in total. The molecule has 1 aliphatic rings. The maximum atomic E-state index is 3.81. The smallest absolute Gasteiger partial charge is 0.0235 e. The molecule has 2 atom stereocenters. The second kappa shape index (κ2) is 8.68. The molecule has 0 saturated carbocycles. The molecule has 0 amide bonds. The van der Waals surface area contributed by atoms with Gasteiger partial charge in [-0.3, -0.25) is 0 Å². The number of likely N-dealkylation sites (N-methyl/N-ethyl adjacent to an activating group) is 2. The lowest BCUT2D eigenvalue weighted by atomic mass is 9.99. The van der Waals surface area contributed by atoms with Crippen molar-refractivity contribution in [3.63, 3.8) is 0 Å². The van der Waals surface area contributed by atoms with Crippen LogP contribution in [0.5, 0.6) is 0 Å². The number of nitrogens with zero attached hydrogens (tertiary/aromatic N) is 2. The summed E-state index contributed by atoms with van der Waals surface area (Å²) < 4.78 is 0. The zero-order chi connectivity index (χ0) is 13.4. The highest BCUT2D eigenvalue weighted by Crippen LogP contribution is 2.15. The summed E-state index contributed by atoms with van der Waals surface area (Å²) in [6.07, 6.45) is 6.97. The number of hydrogen-bond donors (Lipinski definition) is 1. The first-order chi connectivity index (χ1) is 8.67. The minimum atomic E-state index is 0.661. The van der Waals surface area contributed by atoms with Crippen LogP contribution in [0.4, 0.5) is 0 Å². The van der Waals surface area contributed by atoms with E-state index in [0.717, 1.165) is 13.0 Å². The SMILES string of the molecule is C=CCCCC(CC1CN(C)CCN1C)NCC. The predicted octanol–water partition coefficient (Wildman–Crippen LogP) is 1.96. The number of allylic oxidation sites excluding steroid dienone is 1. The van der Waals surface area contributed by atoms with Crippen LogP contribution in [0.15, 0.2) is 12.7 Å². The molecule has 0 bridgehead atoms. The van der Waals surface area contributed by atoms with Gasteiger partial charge in [-0.05, 0) is 46.3 Å². The fraction of sp³-hybridized carbons (Fsp3) is 0.867. The van der Waals surface area contributed by atoms with Crippen LogP contribution in [0.3, 0.4) is 0 Å². The Balaban J connectivity index is 2.39. The van der Waals surface area contributed by atoms with Crippen LogP contribution >= 0.6 is 0 Å². The average Bonchev–Trinajstić information content (AvgIpc) is 2.34. The van der Waals surface area contributed by atoms with E-state index in [9.17, 15) is 0 Å². The lowest BCUT2D eigenvalue weighted by Crippen LogP contribution is -2.52. The molecular weight excluding hydrogens is 222 g/mol. The van der Waals surface area contributed by atoms with E-state index in [1.807, 2.05) is 6.08 Å². The summed E-state index contributed by atoms with van der Waals surface area (Å²) in [7, 11) is 4.50. The van der Waals surface area contributed by atoms with Crippen molar-refractivity contribution in [2.45, 2.75) is 44.7 Å². The number of hydrogen-bond acceptors (Lipinski definition) is 3. The Labute approximate surface area is 113 Å². The van der Waals surface area contributed by atoms with Crippen LogP contribution in [0.2, 0.25) is 0 Å². The van der Waals surface area contributed by atoms with Gasteiger partial charge in [0.1, 0.15) is 0 Å². The van der Waals surface area contributed by atoms with Crippen LogP contribution in [0.25, 0.3) is 0 Å². The summed E-state index contributed by atoms with van der Waals surface area (Å²) in [5.41, 5.74) is 0. The zero-order valence-corrected chi connectivity index (χ0v) is 12.5. The molecule has 18 heavy (non-hydrogen) atoms. The molecule has 0 aromatic heterocycles. The molecule has 1 fully saturated rings. The third-order valence-corrected chi connectivity index (χ3v) is 3.99. The Morgan fingerprint density at radius 3 is 2.83 bits per heavy atom. The standard InChI is InChI=1S/C15H31N3/c1-5-7-8-9-14(16-6-2)12-15-13-17(3)10-11-18(15)4/h5,14-16H,1,6-13H2,2-4H3. The first-order valence-electron chi connectivity index (χ1n) is 7.40. The van der Waals surface area contributed by atoms with Gasteiger partial charge in [-0.15, -0.1) is 6.58 Å². The lowest BCUT2D eigenvalue weighted by molar-refractivity contribution is 0.100. The largest absolute Gasteiger partial charge is 0.314 e. The van der Waals surface area contributed by atoms with Crippen LogP contribution in [0.1, 0.15) is 32.6 Å². The Bertz CT molecular complexity index is 230. The molecule has 0 spiro atoms. The van der Waals surface area contributed by atoms with Gasteiger partial charge in [-0.1, -0.05) is 13.0 Å². The maximum absolute atomic E-state index is 3.81. The van der Waals surface area contributed by atoms with E-state index in [-0.39, 0.29) is 0 Å². The number of rotatable bonds is 8. The highest BCUT2D eigenvalue weighted by Gasteiger charge is 2.24. The third kappa shape index (κ3) is 5.51. The Morgan fingerprint density at radius 1 is 1.39 bits per heavy atom. The van der Waals surface area contributed by atoms with Gasteiger partial charge in [0.2, 0.25) is 0 Å². The fourth-order valence-corrected chi connectivity index (χ4v) is 2.78. The Hall–Kier alpha value is -0.380. The lowest BCUT2D eigenvalue weighted by Gasteiger charge is -2.39. The maximum Gasteiger partial charge on any atom is 0.0235 e. The van der Waals surface area contributed by atoms with E-state index in [1.165, 1.54) is 38.9 Å². The first kappa shape index (κ1) is 15.7. The predicted molar refractivity (Wildman–Crippen MR) is 80.0 cm³/mol. The number of piperazine rings is 1. The quantitative estimate of drug-likeness (QED) is 0.527. The van der Waals surface area contributed by atoms with E-state index in [4.69, 9.17) is 0 Å². The molecule has 1 saturated heterocycles. The first-order valence-corrected chi connectivity index (χ1v) is 7.40. The van der Waals surface area contributed by atoms with Gasteiger partial charge in [-0.25, -0.2) is 0 Å². The molecule has 3 nitrogen and oxygen atoms in total. The second-order valence-electron chi connectivity index (χ2n) is 5.61. The summed E-state index contributed by atoms with van der Waals surface area (Å²) in [4.78, 5) is 4.98. The van der Waals surface area contributed by atoms with E-state index < -0.39 is 0 Å². The summed E-state index contributed by atoms with van der Waals surface area (Å²) in [6.45, 7) is 10.7. The Kier molecular flexibility index (Phi) is 7.56. The van der Waals surface area contributed by atoms with Gasteiger partial charge in [-0.2, -0.15) is 0 Å². The van der Waals surface area contributed by atoms with Crippen molar-refractivity contribution in [1.82, 2.24) is 15.1 Å². The number of unbranched alkanes of at least 4 members (excludes halogenated alkanes) is 1. The van der Waals surface area contributed by atoms with Crippen molar-refractivity contribution in [3.05, 3.63) is 12.7 Å². The average molecular weight is 253 g/mol. The minimum absolute atomic E-state index is 0.661. The van der Waals surface area contributed by atoms with Crippen molar-refractivity contribution in [2.75, 3.05) is 40.3 Å². The van der Waals surface area contributed by atoms with E-state index >= 15 is 0 Å². The fourth-order valence-electron chi connectivity index (χ4n) is 2.78. The normalized spacial score (nSPS) is 24.1. The van der Waals surface area contributed by atoms with Crippen molar-refractivity contribution < 1.29 is 0 Å². The van der Waals surface area contributed by atoms with Crippen LogP contribution in [-0.4, -0.2) is 62.2 Å². The highest BCUT2D eigenvalue weighted by molar-refractivity contribution is 4.83. The van der Waals surface area contributed by atoms with Crippen LogP contribution < -0.4 is 5.32 Å². The Morgan fingerprint density at radius 2 is 2.17 bits per heavy atom. The van der Waals surface area contributed by atoms with Gasteiger partial charge < -0.3 is 15.1 Å². The van der Waals surface area contributed by atoms with E-state index in [0.29, 0.717) is 12.1 Å². The van der Waals surface area contributed by atoms with Crippen LogP contribution in [0, 0.1) is 0 Å². The van der Waals surface area contributed by atoms with Crippen molar-refractivity contribution in [2.24, 2.45) is 0 Å². The summed E-state index contributed by atoms with van der Waals surface area (Å²) in [5, 5.41) is 3.64. The van der Waals surface area contributed by atoms with Gasteiger partial charge >= 0.3 is 0 Å². The van der Waals surface area contributed by atoms with Crippen molar-refractivity contribution >= 4 is 0 Å². The molecule has 1 heterocycles. The molecule has 106 valence electrons. The highest BCUT2D eigenvalue weighted by atomic mass is 15.3.